The topological polar surface area (TPSA) is 57.6 Å². The number of carbonyl (C=O) groups excluding carboxylic acids is 1. The van der Waals surface area contributed by atoms with E-state index in [9.17, 15) is 9.59 Å². The van der Waals surface area contributed by atoms with Crippen LogP contribution in [0.3, 0.4) is 0 Å². The minimum absolute atomic E-state index is 0.0207. The van der Waals surface area contributed by atoms with Gasteiger partial charge in [-0.3, -0.25) is 4.79 Å². The van der Waals surface area contributed by atoms with E-state index in [1.807, 2.05) is 0 Å². The first-order chi connectivity index (χ1) is 7.99. The maximum atomic E-state index is 11.8. The van der Waals surface area contributed by atoms with Crippen molar-refractivity contribution < 1.29 is 14.7 Å². The van der Waals surface area contributed by atoms with Crippen LogP contribution in [0, 0.1) is 3.57 Å². The van der Waals surface area contributed by atoms with Gasteiger partial charge in [-0.25, -0.2) is 4.79 Å². The molecule has 1 amide bonds. The normalized spacial score (nSPS) is 19.8. The molecule has 17 heavy (non-hydrogen) atoms. The molecule has 1 N–H and O–H groups in total. The van der Waals surface area contributed by atoms with Crippen LogP contribution in [-0.4, -0.2) is 28.4 Å². The molecule has 1 heterocycles. The number of alkyl halides is 1. The summed E-state index contributed by atoms with van der Waals surface area (Å²) >= 11 is 5.51. The second kappa shape index (κ2) is 4.93. The van der Waals surface area contributed by atoms with Gasteiger partial charge >= 0.3 is 5.97 Å². The molecule has 1 atom stereocenters. The minimum Gasteiger partial charge on any atom is -0.478 e. The van der Waals surface area contributed by atoms with Crippen LogP contribution < -0.4 is 4.90 Å². The molecule has 1 fully saturated rings. The van der Waals surface area contributed by atoms with Gasteiger partial charge in [-0.05, 0) is 40.8 Å². The fourth-order valence-electron chi connectivity index (χ4n) is 1.75. The standard InChI is InChI=1S/C11H9BrINO3/c12-7-4-10(15)14(5-7)9-3-6(11(16)17)1-2-8(9)13/h1-3,7H,4-5H2,(H,16,17). The van der Waals surface area contributed by atoms with Gasteiger partial charge in [0.1, 0.15) is 0 Å². The predicted molar refractivity (Wildman–Crippen MR) is 75.8 cm³/mol. The number of benzene rings is 1. The van der Waals surface area contributed by atoms with Crippen molar-refractivity contribution in [3.63, 3.8) is 0 Å². The zero-order valence-electron chi connectivity index (χ0n) is 8.69. The number of nitrogens with zero attached hydrogens (tertiary/aromatic N) is 1. The molecule has 0 aliphatic carbocycles. The molecule has 2 rings (SSSR count). The van der Waals surface area contributed by atoms with Gasteiger partial charge in [-0.2, -0.15) is 0 Å². The van der Waals surface area contributed by atoms with E-state index >= 15 is 0 Å². The van der Waals surface area contributed by atoms with Crippen LogP contribution in [0.25, 0.3) is 0 Å². The maximum absolute atomic E-state index is 11.8. The Hall–Kier alpha value is -0.630. The van der Waals surface area contributed by atoms with Crippen molar-refractivity contribution in [3.8, 4) is 0 Å². The number of amides is 1. The third-order valence-electron chi connectivity index (χ3n) is 2.56. The first kappa shape index (κ1) is 12.8. The summed E-state index contributed by atoms with van der Waals surface area (Å²) in [4.78, 5) is 24.4. The Morgan fingerprint density at radius 1 is 1.53 bits per heavy atom. The van der Waals surface area contributed by atoms with Crippen molar-refractivity contribution in [2.24, 2.45) is 0 Å². The second-order valence-electron chi connectivity index (χ2n) is 3.78. The fourth-order valence-corrected chi connectivity index (χ4v) is 2.94. The molecular formula is C11H9BrINO3. The molecule has 1 saturated heterocycles. The summed E-state index contributed by atoms with van der Waals surface area (Å²) in [7, 11) is 0. The zero-order chi connectivity index (χ0) is 12.6. The molecule has 0 aromatic heterocycles. The summed E-state index contributed by atoms with van der Waals surface area (Å²) in [5.41, 5.74) is 0.878. The van der Waals surface area contributed by atoms with Gasteiger partial charge < -0.3 is 10.0 Å². The van der Waals surface area contributed by atoms with E-state index in [1.165, 1.54) is 0 Å². The quantitative estimate of drug-likeness (QED) is 0.603. The van der Waals surface area contributed by atoms with E-state index in [-0.39, 0.29) is 16.3 Å². The first-order valence-electron chi connectivity index (χ1n) is 4.96. The molecule has 4 nitrogen and oxygen atoms in total. The average molecular weight is 410 g/mol. The third-order valence-corrected chi connectivity index (χ3v) is 4.09. The molecule has 1 aromatic carbocycles. The number of aromatic carboxylic acids is 1. The molecular weight excluding hydrogens is 401 g/mol. The number of carbonyl (C=O) groups is 2. The van der Waals surface area contributed by atoms with E-state index in [0.29, 0.717) is 18.7 Å². The minimum atomic E-state index is -0.982. The summed E-state index contributed by atoms with van der Waals surface area (Å²) in [5.74, 6) is -0.961. The Balaban J connectivity index is 2.41. The van der Waals surface area contributed by atoms with E-state index < -0.39 is 5.97 Å². The summed E-state index contributed by atoms with van der Waals surface area (Å²) in [6, 6.07) is 4.81. The van der Waals surface area contributed by atoms with Crippen molar-refractivity contribution in [2.45, 2.75) is 11.2 Å². The number of carboxylic acid groups (broad SMARTS) is 1. The van der Waals surface area contributed by atoms with Crippen LogP contribution in [0.4, 0.5) is 5.69 Å². The molecule has 0 bridgehead atoms. The van der Waals surface area contributed by atoms with Crippen molar-refractivity contribution in [1.29, 1.82) is 0 Å². The summed E-state index contributed by atoms with van der Waals surface area (Å²) in [5, 5.41) is 8.95. The fraction of sp³-hybridized carbons (Fsp3) is 0.273. The molecule has 0 spiro atoms. The highest BCUT2D eigenvalue weighted by molar-refractivity contribution is 14.1. The molecule has 90 valence electrons. The summed E-state index contributed by atoms with van der Waals surface area (Å²) < 4.78 is 0.877. The smallest absolute Gasteiger partial charge is 0.335 e. The van der Waals surface area contributed by atoms with Gasteiger partial charge in [0.25, 0.3) is 0 Å². The number of rotatable bonds is 2. The summed E-state index contributed by atoms with van der Waals surface area (Å²) in [6.07, 6.45) is 0.452. The first-order valence-corrected chi connectivity index (χ1v) is 6.96. The molecule has 0 saturated carbocycles. The Morgan fingerprint density at radius 2 is 2.24 bits per heavy atom. The van der Waals surface area contributed by atoms with E-state index in [2.05, 4.69) is 38.5 Å². The lowest BCUT2D eigenvalue weighted by Crippen LogP contribution is -2.25. The highest BCUT2D eigenvalue weighted by Crippen LogP contribution is 2.30. The number of anilines is 1. The van der Waals surface area contributed by atoms with Crippen molar-refractivity contribution in [1.82, 2.24) is 0 Å². The number of hydrogen-bond acceptors (Lipinski definition) is 2. The van der Waals surface area contributed by atoms with Crippen molar-refractivity contribution in [2.75, 3.05) is 11.4 Å². The van der Waals surface area contributed by atoms with Gasteiger partial charge in [0.05, 0.1) is 11.3 Å². The van der Waals surface area contributed by atoms with Gasteiger partial charge in [-0.1, -0.05) is 15.9 Å². The monoisotopic (exact) mass is 409 g/mol. The lowest BCUT2D eigenvalue weighted by atomic mass is 10.2. The van der Waals surface area contributed by atoms with Gasteiger partial charge in [-0.15, -0.1) is 0 Å². The second-order valence-corrected chi connectivity index (χ2v) is 6.23. The molecule has 1 aromatic rings. The molecule has 6 heteroatoms. The van der Waals surface area contributed by atoms with Crippen LogP contribution in [0.1, 0.15) is 16.8 Å². The molecule has 1 aliphatic rings. The number of halogens is 2. The highest BCUT2D eigenvalue weighted by atomic mass is 127. The number of hydrogen-bond donors (Lipinski definition) is 1. The van der Waals surface area contributed by atoms with Gasteiger partial charge in [0, 0.05) is 21.4 Å². The van der Waals surface area contributed by atoms with E-state index in [4.69, 9.17) is 5.11 Å². The van der Waals surface area contributed by atoms with Crippen LogP contribution in [0.15, 0.2) is 18.2 Å². The Kier molecular flexibility index (Phi) is 3.72. The van der Waals surface area contributed by atoms with Crippen molar-refractivity contribution in [3.05, 3.63) is 27.3 Å². The predicted octanol–water partition coefficient (Wildman–Crippen LogP) is 2.49. The summed E-state index contributed by atoms with van der Waals surface area (Å²) in [6.45, 7) is 0.581. The number of carboxylic acids is 1. The van der Waals surface area contributed by atoms with Gasteiger partial charge in [0.2, 0.25) is 5.91 Å². The van der Waals surface area contributed by atoms with Crippen LogP contribution in [-0.2, 0) is 4.79 Å². The van der Waals surface area contributed by atoms with Crippen LogP contribution in [0.5, 0.6) is 0 Å². The molecule has 1 unspecified atom stereocenters. The highest BCUT2D eigenvalue weighted by Gasteiger charge is 2.30. The zero-order valence-corrected chi connectivity index (χ0v) is 12.4. The average Bonchev–Trinajstić information content (AvgIpc) is 2.58. The van der Waals surface area contributed by atoms with E-state index in [0.717, 1.165) is 3.57 Å². The third kappa shape index (κ3) is 2.62. The maximum Gasteiger partial charge on any atom is 0.335 e. The lowest BCUT2D eigenvalue weighted by molar-refractivity contribution is -0.117. The van der Waals surface area contributed by atoms with Crippen molar-refractivity contribution >= 4 is 56.1 Å². The SMILES string of the molecule is O=C(O)c1ccc(I)c(N2CC(Br)CC2=O)c1. The molecule has 0 radical (unpaired) electrons. The lowest BCUT2D eigenvalue weighted by Gasteiger charge is -2.18. The van der Waals surface area contributed by atoms with E-state index in [1.54, 1.807) is 23.1 Å². The van der Waals surface area contributed by atoms with Gasteiger partial charge in [0.15, 0.2) is 0 Å². The molecule has 1 aliphatic heterocycles. The largest absolute Gasteiger partial charge is 0.478 e. The van der Waals surface area contributed by atoms with Crippen LogP contribution in [0.2, 0.25) is 0 Å². The Bertz CT molecular complexity index is 492. The Labute approximate surface area is 120 Å². The van der Waals surface area contributed by atoms with Crippen LogP contribution >= 0.6 is 38.5 Å². The Morgan fingerprint density at radius 3 is 2.76 bits per heavy atom.